The number of benzene rings is 1. The highest BCUT2D eigenvalue weighted by Gasteiger charge is 2.04. The molecule has 3 aromatic rings. The van der Waals surface area contributed by atoms with E-state index in [4.69, 9.17) is 0 Å². The van der Waals surface area contributed by atoms with Crippen LogP contribution in [-0.2, 0) is 0 Å². The molecular formula is C13H10BrN3S. The predicted molar refractivity (Wildman–Crippen MR) is 79.6 cm³/mol. The van der Waals surface area contributed by atoms with Crippen molar-refractivity contribution < 1.29 is 0 Å². The molecule has 0 amide bonds. The summed E-state index contributed by atoms with van der Waals surface area (Å²) in [6.45, 7) is 1.97. The summed E-state index contributed by atoms with van der Waals surface area (Å²) in [5.41, 5.74) is 2.96. The second-order valence-corrected chi connectivity index (χ2v) is 5.89. The van der Waals surface area contributed by atoms with Crippen molar-refractivity contribution in [1.29, 1.82) is 0 Å². The lowest BCUT2D eigenvalue weighted by Gasteiger charge is -2.01. The molecule has 0 spiro atoms. The van der Waals surface area contributed by atoms with Gasteiger partial charge in [-0.15, -0.1) is 0 Å². The summed E-state index contributed by atoms with van der Waals surface area (Å²) in [5.74, 6) is 0. The molecule has 0 atom stereocenters. The maximum atomic E-state index is 4.54. The normalized spacial score (nSPS) is 10.8. The van der Waals surface area contributed by atoms with E-state index in [-0.39, 0.29) is 0 Å². The fraction of sp³-hybridized carbons (Fsp3) is 0.0769. The minimum absolute atomic E-state index is 0.883. The molecule has 3 nitrogen and oxygen atoms in total. The first-order chi connectivity index (χ1) is 8.70. The van der Waals surface area contributed by atoms with E-state index in [2.05, 4.69) is 37.3 Å². The zero-order valence-electron chi connectivity index (χ0n) is 9.64. The summed E-state index contributed by atoms with van der Waals surface area (Å²) < 4.78 is 2.21. The number of aryl methyl sites for hydroxylation is 1. The number of fused-ring (bicyclic) bond motifs is 1. The molecule has 0 aliphatic rings. The first-order valence-electron chi connectivity index (χ1n) is 5.46. The number of nitrogens with one attached hydrogen (secondary N) is 1. The van der Waals surface area contributed by atoms with E-state index < -0.39 is 0 Å². The van der Waals surface area contributed by atoms with Gasteiger partial charge in [-0.3, -0.25) is 4.98 Å². The zero-order chi connectivity index (χ0) is 12.5. The maximum Gasteiger partial charge on any atom is 0.188 e. The van der Waals surface area contributed by atoms with E-state index in [0.29, 0.717) is 0 Å². The van der Waals surface area contributed by atoms with Crippen molar-refractivity contribution in [3.63, 3.8) is 0 Å². The van der Waals surface area contributed by atoms with Crippen molar-refractivity contribution in [3.05, 3.63) is 46.7 Å². The van der Waals surface area contributed by atoms with Crippen LogP contribution in [0.15, 0.2) is 41.0 Å². The Labute approximate surface area is 117 Å². The molecular weight excluding hydrogens is 310 g/mol. The van der Waals surface area contributed by atoms with Gasteiger partial charge in [0.1, 0.15) is 0 Å². The smallest absolute Gasteiger partial charge is 0.188 e. The third-order valence-corrected chi connectivity index (χ3v) is 3.96. The Kier molecular flexibility index (Phi) is 3.01. The van der Waals surface area contributed by atoms with E-state index in [9.17, 15) is 0 Å². The first-order valence-corrected chi connectivity index (χ1v) is 7.07. The first kappa shape index (κ1) is 11.6. The summed E-state index contributed by atoms with van der Waals surface area (Å²) in [5, 5.41) is 4.15. The molecule has 0 saturated heterocycles. The number of rotatable bonds is 2. The molecule has 90 valence electrons. The topological polar surface area (TPSA) is 37.8 Å². The number of hydrogen-bond donors (Lipinski definition) is 1. The summed E-state index contributed by atoms with van der Waals surface area (Å²) in [6.07, 6.45) is 1.82. The zero-order valence-corrected chi connectivity index (χ0v) is 12.0. The highest BCUT2D eigenvalue weighted by atomic mass is 79.9. The maximum absolute atomic E-state index is 4.54. The van der Waals surface area contributed by atoms with E-state index in [1.54, 1.807) is 11.3 Å². The van der Waals surface area contributed by atoms with Crippen LogP contribution in [0.25, 0.3) is 10.2 Å². The Morgan fingerprint density at radius 3 is 2.89 bits per heavy atom. The van der Waals surface area contributed by atoms with Gasteiger partial charge in [0.2, 0.25) is 0 Å². The Morgan fingerprint density at radius 2 is 2.11 bits per heavy atom. The van der Waals surface area contributed by atoms with Crippen LogP contribution < -0.4 is 5.32 Å². The van der Waals surface area contributed by atoms with Crippen molar-refractivity contribution >= 4 is 48.3 Å². The lowest BCUT2D eigenvalue weighted by atomic mass is 10.3. The van der Waals surface area contributed by atoms with Crippen LogP contribution in [0.5, 0.6) is 0 Å². The molecule has 2 heterocycles. The molecule has 0 bridgehead atoms. The third-order valence-electron chi connectivity index (χ3n) is 2.51. The third kappa shape index (κ3) is 2.37. The van der Waals surface area contributed by atoms with Gasteiger partial charge >= 0.3 is 0 Å². The number of hydrogen-bond acceptors (Lipinski definition) is 4. The fourth-order valence-corrected chi connectivity index (χ4v) is 2.83. The molecule has 0 fully saturated rings. The SMILES string of the molecule is Cc1ccc(Nc2nc3cc(Br)ccc3s2)cn1. The van der Waals surface area contributed by atoms with Crippen molar-refractivity contribution in [3.8, 4) is 0 Å². The molecule has 2 aromatic heterocycles. The second-order valence-electron chi connectivity index (χ2n) is 3.94. The van der Waals surface area contributed by atoms with E-state index >= 15 is 0 Å². The van der Waals surface area contributed by atoms with Gasteiger partial charge in [-0.05, 0) is 37.3 Å². The predicted octanol–water partition coefficient (Wildman–Crippen LogP) is 4.51. The summed E-state index contributed by atoms with van der Waals surface area (Å²) >= 11 is 5.08. The number of pyridine rings is 1. The van der Waals surface area contributed by atoms with Gasteiger partial charge < -0.3 is 5.32 Å². The molecule has 5 heteroatoms. The van der Waals surface area contributed by atoms with E-state index in [1.165, 1.54) is 4.70 Å². The quantitative estimate of drug-likeness (QED) is 0.755. The molecule has 1 aromatic carbocycles. The van der Waals surface area contributed by atoms with Crippen molar-refractivity contribution in [2.75, 3.05) is 5.32 Å². The minimum atomic E-state index is 0.883. The Morgan fingerprint density at radius 1 is 1.22 bits per heavy atom. The van der Waals surface area contributed by atoms with Gasteiger partial charge in [-0.25, -0.2) is 4.98 Å². The number of thiazole rings is 1. The molecule has 0 aliphatic carbocycles. The van der Waals surface area contributed by atoms with Crippen LogP contribution in [0.3, 0.4) is 0 Å². The fourth-order valence-electron chi connectivity index (χ4n) is 1.62. The van der Waals surface area contributed by atoms with Crippen LogP contribution in [0.2, 0.25) is 0 Å². The van der Waals surface area contributed by atoms with Crippen molar-refractivity contribution in [2.24, 2.45) is 0 Å². The highest BCUT2D eigenvalue weighted by molar-refractivity contribution is 9.10. The van der Waals surface area contributed by atoms with Crippen LogP contribution in [0, 0.1) is 6.92 Å². The second kappa shape index (κ2) is 4.66. The molecule has 0 radical (unpaired) electrons. The largest absolute Gasteiger partial charge is 0.330 e. The molecule has 0 unspecified atom stereocenters. The lowest BCUT2D eigenvalue weighted by Crippen LogP contribution is -1.90. The lowest BCUT2D eigenvalue weighted by molar-refractivity contribution is 1.20. The van der Waals surface area contributed by atoms with Gasteiger partial charge in [0.15, 0.2) is 5.13 Å². The number of aromatic nitrogens is 2. The molecule has 1 N–H and O–H groups in total. The average molecular weight is 320 g/mol. The Bertz CT molecular complexity index is 691. The van der Waals surface area contributed by atoms with Gasteiger partial charge in [-0.1, -0.05) is 27.3 Å². The van der Waals surface area contributed by atoms with Gasteiger partial charge in [0.05, 0.1) is 22.1 Å². The molecule has 18 heavy (non-hydrogen) atoms. The highest BCUT2D eigenvalue weighted by Crippen LogP contribution is 2.29. The molecule has 0 aliphatic heterocycles. The van der Waals surface area contributed by atoms with Crippen LogP contribution >= 0.6 is 27.3 Å². The molecule has 3 rings (SSSR count). The summed E-state index contributed by atoms with van der Waals surface area (Å²) in [4.78, 5) is 8.79. The van der Waals surface area contributed by atoms with Crippen LogP contribution in [0.4, 0.5) is 10.8 Å². The van der Waals surface area contributed by atoms with E-state index in [1.807, 2.05) is 37.4 Å². The summed E-state index contributed by atoms with van der Waals surface area (Å²) in [7, 11) is 0. The van der Waals surface area contributed by atoms with Crippen LogP contribution in [-0.4, -0.2) is 9.97 Å². The molecule has 0 saturated carbocycles. The van der Waals surface area contributed by atoms with Crippen LogP contribution in [0.1, 0.15) is 5.69 Å². The monoisotopic (exact) mass is 319 g/mol. The van der Waals surface area contributed by atoms with Gasteiger partial charge in [-0.2, -0.15) is 0 Å². The van der Waals surface area contributed by atoms with Gasteiger partial charge in [0, 0.05) is 10.2 Å². The van der Waals surface area contributed by atoms with Gasteiger partial charge in [0.25, 0.3) is 0 Å². The van der Waals surface area contributed by atoms with E-state index in [0.717, 1.165) is 26.5 Å². The summed E-state index contributed by atoms with van der Waals surface area (Å²) in [6, 6.07) is 10.1. The number of halogens is 1. The number of anilines is 2. The standard InChI is InChI=1S/C13H10BrN3S/c1-8-2-4-10(7-15-8)16-13-17-11-6-9(14)3-5-12(11)18-13/h2-7H,1H3,(H,16,17). The Hall–Kier alpha value is -1.46. The number of nitrogens with zero attached hydrogens (tertiary/aromatic N) is 2. The Balaban J connectivity index is 1.92. The van der Waals surface area contributed by atoms with Crippen molar-refractivity contribution in [2.45, 2.75) is 6.92 Å². The van der Waals surface area contributed by atoms with Crippen molar-refractivity contribution in [1.82, 2.24) is 9.97 Å². The minimum Gasteiger partial charge on any atom is -0.330 e. The average Bonchev–Trinajstić information content (AvgIpc) is 2.73.